The minimum Gasteiger partial charge on any atom is -0.459 e. The Labute approximate surface area is 131 Å². The van der Waals surface area contributed by atoms with Crippen LogP contribution in [0.15, 0.2) is 24.3 Å². The molecule has 0 bridgehead atoms. The standard InChI is InChI=1S/C17H24O5/c1-11(2)14(18)20-10-17(13-8-6-5-7-9-13)16(22-17)21-15(19)12(3)4/h13,16H,1,3,5-10H2,2,4H3. The molecule has 0 amide bonds. The molecule has 0 N–H and O–H groups in total. The molecule has 2 fully saturated rings. The van der Waals surface area contributed by atoms with Gasteiger partial charge in [-0.1, -0.05) is 32.4 Å². The molecule has 0 radical (unpaired) electrons. The first-order valence-electron chi connectivity index (χ1n) is 7.74. The summed E-state index contributed by atoms with van der Waals surface area (Å²) in [6.07, 6.45) is 4.76. The third-order valence-electron chi connectivity index (χ3n) is 4.30. The van der Waals surface area contributed by atoms with Gasteiger partial charge in [0.15, 0.2) is 5.60 Å². The first-order valence-corrected chi connectivity index (χ1v) is 7.74. The Balaban J connectivity index is 2.02. The van der Waals surface area contributed by atoms with Gasteiger partial charge in [-0.15, -0.1) is 0 Å². The molecular weight excluding hydrogens is 284 g/mol. The average Bonchev–Trinajstić information content (AvgIpc) is 3.19. The van der Waals surface area contributed by atoms with Crippen molar-refractivity contribution in [1.29, 1.82) is 0 Å². The molecule has 0 spiro atoms. The highest BCUT2D eigenvalue weighted by molar-refractivity contribution is 5.87. The maximum Gasteiger partial charge on any atom is 0.335 e. The highest BCUT2D eigenvalue weighted by Gasteiger charge is 2.65. The number of ether oxygens (including phenoxy) is 3. The number of hydrogen-bond donors (Lipinski definition) is 0. The highest BCUT2D eigenvalue weighted by atomic mass is 16.8. The van der Waals surface area contributed by atoms with E-state index in [2.05, 4.69) is 13.2 Å². The highest BCUT2D eigenvalue weighted by Crippen LogP contribution is 2.49. The predicted molar refractivity (Wildman–Crippen MR) is 80.9 cm³/mol. The van der Waals surface area contributed by atoms with Gasteiger partial charge in [-0.2, -0.15) is 0 Å². The fourth-order valence-corrected chi connectivity index (χ4v) is 2.89. The van der Waals surface area contributed by atoms with E-state index in [-0.39, 0.29) is 12.5 Å². The number of rotatable bonds is 6. The lowest BCUT2D eigenvalue weighted by atomic mass is 9.80. The molecule has 22 heavy (non-hydrogen) atoms. The van der Waals surface area contributed by atoms with Gasteiger partial charge in [0.1, 0.15) is 6.61 Å². The van der Waals surface area contributed by atoms with Gasteiger partial charge in [-0.3, -0.25) is 0 Å². The molecule has 2 atom stereocenters. The Morgan fingerprint density at radius 3 is 2.23 bits per heavy atom. The van der Waals surface area contributed by atoms with Crippen molar-refractivity contribution in [3.05, 3.63) is 24.3 Å². The summed E-state index contributed by atoms with van der Waals surface area (Å²) in [5, 5.41) is 0. The van der Waals surface area contributed by atoms with Crippen LogP contribution < -0.4 is 0 Å². The van der Waals surface area contributed by atoms with Gasteiger partial charge in [-0.05, 0) is 32.6 Å². The Bertz CT molecular complexity index is 489. The molecule has 1 aliphatic heterocycles. The summed E-state index contributed by atoms with van der Waals surface area (Å²) >= 11 is 0. The van der Waals surface area contributed by atoms with Crippen LogP contribution in [0.4, 0.5) is 0 Å². The molecular formula is C17H24O5. The fourth-order valence-electron chi connectivity index (χ4n) is 2.89. The number of carbonyl (C=O) groups is 2. The molecule has 1 saturated carbocycles. The molecule has 5 heteroatoms. The van der Waals surface area contributed by atoms with E-state index in [0.717, 1.165) is 25.7 Å². The van der Waals surface area contributed by atoms with Crippen LogP contribution in [-0.4, -0.2) is 30.4 Å². The van der Waals surface area contributed by atoms with E-state index in [1.165, 1.54) is 6.42 Å². The van der Waals surface area contributed by atoms with E-state index < -0.39 is 23.8 Å². The first-order chi connectivity index (χ1) is 10.4. The third kappa shape index (κ3) is 3.58. The monoisotopic (exact) mass is 308 g/mol. The van der Waals surface area contributed by atoms with Crippen molar-refractivity contribution in [1.82, 2.24) is 0 Å². The molecule has 1 heterocycles. The van der Waals surface area contributed by atoms with E-state index in [0.29, 0.717) is 11.1 Å². The molecule has 2 aliphatic rings. The molecule has 0 aromatic rings. The Hall–Kier alpha value is -1.62. The zero-order chi connectivity index (χ0) is 16.3. The zero-order valence-corrected chi connectivity index (χ0v) is 13.4. The van der Waals surface area contributed by atoms with Gasteiger partial charge in [0.2, 0.25) is 6.29 Å². The fraction of sp³-hybridized carbons (Fsp3) is 0.647. The van der Waals surface area contributed by atoms with Crippen molar-refractivity contribution in [2.24, 2.45) is 5.92 Å². The van der Waals surface area contributed by atoms with E-state index in [4.69, 9.17) is 14.2 Å². The van der Waals surface area contributed by atoms with Crippen LogP contribution in [0.2, 0.25) is 0 Å². The van der Waals surface area contributed by atoms with Crippen LogP contribution in [-0.2, 0) is 23.8 Å². The van der Waals surface area contributed by atoms with Crippen LogP contribution in [0.25, 0.3) is 0 Å². The summed E-state index contributed by atoms with van der Waals surface area (Å²) < 4.78 is 16.3. The maximum atomic E-state index is 11.7. The second-order valence-electron chi connectivity index (χ2n) is 6.28. The van der Waals surface area contributed by atoms with Crippen LogP contribution in [0.3, 0.4) is 0 Å². The summed E-state index contributed by atoms with van der Waals surface area (Å²) in [6, 6.07) is 0. The van der Waals surface area contributed by atoms with Gasteiger partial charge in [0.05, 0.1) is 0 Å². The molecule has 1 aliphatic carbocycles. The Morgan fingerprint density at radius 1 is 1.09 bits per heavy atom. The summed E-state index contributed by atoms with van der Waals surface area (Å²) in [6.45, 7) is 10.4. The Kier molecular flexibility index (Phi) is 5.06. The van der Waals surface area contributed by atoms with E-state index >= 15 is 0 Å². The lowest BCUT2D eigenvalue weighted by molar-refractivity contribution is -0.144. The molecule has 2 rings (SSSR count). The number of hydrogen-bond acceptors (Lipinski definition) is 5. The topological polar surface area (TPSA) is 65.1 Å². The Morgan fingerprint density at radius 2 is 1.68 bits per heavy atom. The van der Waals surface area contributed by atoms with Crippen molar-refractivity contribution >= 4 is 11.9 Å². The summed E-state index contributed by atoms with van der Waals surface area (Å²) in [5.41, 5.74) is -0.0294. The second kappa shape index (κ2) is 6.65. The van der Waals surface area contributed by atoms with Crippen molar-refractivity contribution in [3.63, 3.8) is 0 Å². The van der Waals surface area contributed by atoms with Crippen molar-refractivity contribution < 1.29 is 23.8 Å². The lowest BCUT2D eigenvalue weighted by Gasteiger charge is -2.27. The van der Waals surface area contributed by atoms with Crippen LogP contribution >= 0.6 is 0 Å². The van der Waals surface area contributed by atoms with Crippen LogP contribution in [0.5, 0.6) is 0 Å². The molecule has 5 nitrogen and oxygen atoms in total. The van der Waals surface area contributed by atoms with E-state index in [9.17, 15) is 9.59 Å². The predicted octanol–water partition coefficient (Wildman–Crippen LogP) is 2.90. The molecule has 1 saturated heterocycles. The number of esters is 2. The average molecular weight is 308 g/mol. The number of epoxide rings is 1. The van der Waals surface area contributed by atoms with E-state index in [1.54, 1.807) is 13.8 Å². The third-order valence-corrected chi connectivity index (χ3v) is 4.30. The molecule has 0 aromatic carbocycles. The molecule has 122 valence electrons. The van der Waals surface area contributed by atoms with Crippen LogP contribution in [0, 0.1) is 5.92 Å². The quantitative estimate of drug-likeness (QED) is 0.429. The van der Waals surface area contributed by atoms with Gasteiger partial charge < -0.3 is 14.2 Å². The molecule has 0 aromatic heterocycles. The summed E-state index contributed by atoms with van der Waals surface area (Å²) in [5.74, 6) is -0.688. The normalized spacial score (nSPS) is 27.8. The first kappa shape index (κ1) is 16.7. The van der Waals surface area contributed by atoms with Gasteiger partial charge in [0.25, 0.3) is 0 Å². The van der Waals surface area contributed by atoms with Crippen molar-refractivity contribution in [2.45, 2.75) is 57.8 Å². The lowest BCUT2D eigenvalue weighted by Crippen LogP contribution is -2.36. The van der Waals surface area contributed by atoms with Gasteiger partial charge in [0, 0.05) is 11.1 Å². The van der Waals surface area contributed by atoms with E-state index in [1.807, 2.05) is 0 Å². The minimum absolute atomic E-state index is 0.0947. The smallest absolute Gasteiger partial charge is 0.335 e. The zero-order valence-electron chi connectivity index (χ0n) is 13.4. The number of carbonyl (C=O) groups excluding carboxylic acids is 2. The second-order valence-corrected chi connectivity index (χ2v) is 6.28. The summed E-state index contributed by atoms with van der Waals surface area (Å²) in [4.78, 5) is 23.3. The molecule has 2 unspecified atom stereocenters. The maximum absolute atomic E-state index is 11.7. The van der Waals surface area contributed by atoms with Crippen molar-refractivity contribution in [3.8, 4) is 0 Å². The van der Waals surface area contributed by atoms with Gasteiger partial charge in [-0.25, -0.2) is 9.59 Å². The SMILES string of the molecule is C=C(C)C(=O)OCC1(C2CCCCC2)OC1OC(=O)C(=C)C. The van der Waals surface area contributed by atoms with Crippen molar-refractivity contribution in [2.75, 3.05) is 6.61 Å². The largest absolute Gasteiger partial charge is 0.459 e. The minimum atomic E-state index is -0.698. The summed E-state index contributed by atoms with van der Waals surface area (Å²) in [7, 11) is 0. The van der Waals surface area contributed by atoms with Crippen LogP contribution in [0.1, 0.15) is 46.0 Å². The van der Waals surface area contributed by atoms with Gasteiger partial charge >= 0.3 is 11.9 Å².